The van der Waals surface area contributed by atoms with Crippen molar-refractivity contribution in [3.63, 3.8) is 0 Å². The lowest BCUT2D eigenvalue weighted by Gasteiger charge is -2.33. The summed E-state index contributed by atoms with van der Waals surface area (Å²) in [5, 5.41) is 4.84. The van der Waals surface area contributed by atoms with Gasteiger partial charge in [0.15, 0.2) is 11.6 Å². The largest absolute Gasteiger partial charge is 0.277 e. The Labute approximate surface area is 362 Å². The minimum atomic E-state index is -0.662. The predicted octanol–water partition coefficient (Wildman–Crippen LogP) is 14.4. The normalized spacial score (nSPS) is 13.8. The first-order valence-electron chi connectivity index (χ1n) is 21.8. The summed E-state index contributed by atoms with van der Waals surface area (Å²) in [6, 6.07) is 62.3. The summed E-state index contributed by atoms with van der Waals surface area (Å²) in [7, 11) is 0. The topological polar surface area (TPSA) is 43.6 Å². The Bertz CT molecular complexity index is 3350. The molecule has 2 heterocycles. The summed E-state index contributed by atoms with van der Waals surface area (Å²) < 4.78 is 2.38. The van der Waals surface area contributed by atoms with E-state index in [2.05, 4.69) is 180 Å². The van der Waals surface area contributed by atoms with E-state index in [1.165, 1.54) is 77.2 Å². The third kappa shape index (κ3) is 5.04. The van der Waals surface area contributed by atoms with Crippen LogP contribution in [-0.2, 0) is 16.2 Å². The van der Waals surface area contributed by atoms with E-state index in [-0.39, 0.29) is 10.8 Å². The molecule has 0 fully saturated rings. The second-order valence-corrected chi connectivity index (χ2v) is 19.2. The van der Waals surface area contributed by atoms with E-state index in [4.69, 9.17) is 15.0 Å². The molecule has 0 radical (unpaired) electrons. The zero-order chi connectivity index (χ0) is 42.1. The highest BCUT2D eigenvalue weighted by atomic mass is 15.2. The number of fused-ring (bicyclic) bond motifs is 17. The van der Waals surface area contributed by atoms with Crippen molar-refractivity contribution in [1.29, 1.82) is 0 Å². The maximum Gasteiger partial charge on any atom is 0.238 e. The average molecular weight is 799 g/mol. The van der Waals surface area contributed by atoms with Crippen molar-refractivity contribution in [2.75, 3.05) is 0 Å². The van der Waals surface area contributed by atoms with Gasteiger partial charge < -0.3 is 0 Å². The zero-order valence-electron chi connectivity index (χ0n) is 36.0. The Morgan fingerprint density at radius 3 is 1.52 bits per heavy atom. The van der Waals surface area contributed by atoms with Gasteiger partial charge >= 0.3 is 0 Å². The van der Waals surface area contributed by atoms with Gasteiger partial charge in [0.2, 0.25) is 5.95 Å². The summed E-state index contributed by atoms with van der Waals surface area (Å²) in [6.07, 6.45) is 0. The van der Waals surface area contributed by atoms with Crippen LogP contribution in [0.25, 0.3) is 83.6 Å². The first-order chi connectivity index (χ1) is 30.0. The Kier molecular flexibility index (Phi) is 7.64. The predicted molar refractivity (Wildman–Crippen MR) is 256 cm³/mol. The first-order valence-corrected chi connectivity index (χ1v) is 21.8. The Morgan fingerprint density at radius 2 is 0.935 bits per heavy atom. The van der Waals surface area contributed by atoms with Gasteiger partial charge in [0.1, 0.15) is 0 Å². The summed E-state index contributed by atoms with van der Waals surface area (Å²) in [6.45, 7) is 14.0. The summed E-state index contributed by atoms with van der Waals surface area (Å²) in [5.74, 6) is 1.87. The lowest BCUT2D eigenvalue weighted by atomic mass is 9.68. The first kappa shape index (κ1) is 36.7. The third-order valence-corrected chi connectivity index (χ3v) is 13.6. The van der Waals surface area contributed by atoms with E-state index >= 15 is 0 Å². The van der Waals surface area contributed by atoms with E-state index in [9.17, 15) is 0 Å². The number of para-hydroxylation sites is 1. The van der Waals surface area contributed by atoms with E-state index in [1.54, 1.807) is 0 Å². The van der Waals surface area contributed by atoms with Gasteiger partial charge in [-0.25, -0.2) is 4.98 Å². The maximum absolute atomic E-state index is 5.46. The molecule has 0 saturated carbocycles. The zero-order valence-corrected chi connectivity index (χ0v) is 36.0. The highest BCUT2D eigenvalue weighted by molar-refractivity contribution is 6.27. The van der Waals surface area contributed by atoms with Gasteiger partial charge in [-0.05, 0) is 77.7 Å². The molecule has 298 valence electrons. The SMILES string of the molecule is CC(C)(C)c1ccc2c(c1)C1(c3cc(C(C)(C)C)ccc3-2)c2ccccc2-c2c1c1c(c3ccccc23)c2ccccc2n1-c1nc(-c2ccccc2)nc(-c2ccccc2)n1. The molecular weight excluding hydrogens is 753 g/mol. The molecule has 2 aromatic heterocycles. The van der Waals surface area contributed by atoms with Crippen LogP contribution in [-0.4, -0.2) is 19.5 Å². The summed E-state index contributed by atoms with van der Waals surface area (Å²) >= 11 is 0. The molecule has 2 aliphatic carbocycles. The third-order valence-electron chi connectivity index (χ3n) is 13.6. The fourth-order valence-electron chi connectivity index (χ4n) is 10.7. The van der Waals surface area contributed by atoms with Crippen molar-refractivity contribution in [3.05, 3.63) is 203 Å². The van der Waals surface area contributed by atoms with Crippen molar-refractivity contribution in [2.24, 2.45) is 0 Å². The molecule has 4 nitrogen and oxygen atoms in total. The van der Waals surface area contributed by atoms with E-state index in [0.29, 0.717) is 17.6 Å². The van der Waals surface area contributed by atoms with Crippen molar-refractivity contribution >= 4 is 32.6 Å². The summed E-state index contributed by atoms with van der Waals surface area (Å²) in [4.78, 5) is 16.1. The molecule has 62 heavy (non-hydrogen) atoms. The molecule has 12 rings (SSSR count). The number of nitrogens with zero attached hydrogens (tertiary/aromatic N) is 4. The summed E-state index contributed by atoms with van der Waals surface area (Å²) in [5.41, 5.74) is 16.3. The van der Waals surface area contributed by atoms with Crippen LogP contribution in [0.5, 0.6) is 0 Å². The molecule has 1 spiro atoms. The number of benzene rings is 8. The lowest BCUT2D eigenvalue weighted by Crippen LogP contribution is -2.28. The van der Waals surface area contributed by atoms with Crippen molar-refractivity contribution in [1.82, 2.24) is 19.5 Å². The van der Waals surface area contributed by atoms with Crippen LogP contribution in [0, 0.1) is 0 Å². The quantitative estimate of drug-likeness (QED) is 0.179. The maximum atomic E-state index is 5.46. The van der Waals surface area contributed by atoms with Gasteiger partial charge in [-0.2, -0.15) is 9.97 Å². The van der Waals surface area contributed by atoms with E-state index in [1.807, 2.05) is 36.4 Å². The molecule has 0 aliphatic heterocycles. The Hall–Kier alpha value is -7.17. The molecule has 8 aromatic carbocycles. The fraction of sp³-hybridized carbons (Fsp3) is 0.155. The van der Waals surface area contributed by atoms with E-state index < -0.39 is 5.41 Å². The molecule has 0 saturated heterocycles. The van der Waals surface area contributed by atoms with Crippen LogP contribution in [0.4, 0.5) is 0 Å². The minimum Gasteiger partial charge on any atom is -0.277 e. The second-order valence-electron chi connectivity index (χ2n) is 19.2. The van der Waals surface area contributed by atoms with Gasteiger partial charge in [-0.3, -0.25) is 4.57 Å². The highest BCUT2D eigenvalue weighted by Gasteiger charge is 2.54. The van der Waals surface area contributed by atoms with Crippen molar-refractivity contribution in [3.8, 4) is 51.0 Å². The monoisotopic (exact) mass is 798 g/mol. The molecule has 10 aromatic rings. The smallest absolute Gasteiger partial charge is 0.238 e. The lowest BCUT2D eigenvalue weighted by molar-refractivity contribution is 0.586. The van der Waals surface area contributed by atoms with Crippen LogP contribution < -0.4 is 0 Å². The average Bonchev–Trinajstić information content (AvgIpc) is 3.91. The number of hydrogen-bond donors (Lipinski definition) is 0. The van der Waals surface area contributed by atoms with Crippen LogP contribution in [0.2, 0.25) is 0 Å². The van der Waals surface area contributed by atoms with Gasteiger partial charge in [0.25, 0.3) is 0 Å². The van der Waals surface area contributed by atoms with Gasteiger partial charge in [-0.1, -0.05) is 205 Å². The molecule has 2 aliphatic rings. The standard InChI is InChI=1S/C58H46N4/c1-56(2,3)37-29-31-39-40-32-30-38(57(4,5)6)34-47(40)58(46(39)33-37)45-27-17-15-25-43(45)49-41-23-13-14-24-42(41)50-44-26-16-18-28-48(44)62(52(50)51(49)58)55-60-53(35-19-9-7-10-20-35)59-54(61-55)36-21-11-8-12-22-36/h7-34H,1-6H3. The Balaban J connectivity index is 1.34. The minimum absolute atomic E-state index is 0.0668. The van der Waals surface area contributed by atoms with Crippen molar-refractivity contribution in [2.45, 2.75) is 57.8 Å². The van der Waals surface area contributed by atoms with Crippen LogP contribution in [0.15, 0.2) is 170 Å². The number of rotatable bonds is 3. The molecule has 0 N–H and O–H groups in total. The van der Waals surface area contributed by atoms with Crippen LogP contribution in [0.3, 0.4) is 0 Å². The number of aromatic nitrogens is 4. The van der Waals surface area contributed by atoms with E-state index in [0.717, 1.165) is 22.2 Å². The highest BCUT2D eigenvalue weighted by Crippen LogP contribution is 2.66. The van der Waals surface area contributed by atoms with Gasteiger partial charge in [-0.15, -0.1) is 0 Å². The van der Waals surface area contributed by atoms with Crippen molar-refractivity contribution < 1.29 is 0 Å². The van der Waals surface area contributed by atoms with Crippen LogP contribution in [0.1, 0.15) is 74.9 Å². The molecule has 0 amide bonds. The Morgan fingerprint density at radius 1 is 0.435 bits per heavy atom. The number of hydrogen-bond acceptors (Lipinski definition) is 3. The van der Waals surface area contributed by atoms with Gasteiger partial charge in [0.05, 0.1) is 16.4 Å². The molecule has 0 atom stereocenters. The van der Waals surface area contributed by atoms with Crippen LogP contribution >= 0.6 is 0 Å². The molecule has 0 bridgehead atoms. The second kappa shape index (κ2) is 12.9. The fourth-order valence-corrected chi connectivity index (χ4v) is 10.7. The molecule has 4 heteroatoms. The molecule has 0 unspecified atom stereocenters. The molecular formula is C58H46N4. The van der Waals surface area contributed by atoms with Gasteiger partial charge in [0, 0.05) is 27.5 Å².